The lowest BCUT2D eigenvalue weighted by Gasteiger charge is -2.08. The molecule has 4 rings (SSSR count). The van der Waals surface area contributed by atoms with Crippen LogP contribution in [0.1, 0.15) is 34.3 Å². The molecule has 0 aromatic carbocycles. The molecule has 0 radical (unpaired) electrons. The van der Waals surface area contributed by atoms with Crippen molar-refractivity contribution in [2.45, 2.75) is 31.2 Å². The van der Waals surface area contributed by atoms with Gasteiger partial charge in [0.15, 0.2) is 10.7 Å². The van der Waals surface area contributed by atoms with Gasteiger partial charge in [0.2, 0.25) is 0 Å². The second-order valence-corrected chi connectivity index (χ2v) is 8.18. The highest BCUT2D eigenvalue weighted by Crippen LogP contribution is 2.52. The molecule has 3 heterocycles. The van der Waals surface area contributed by atoms with Crippen molar-refractivity contribution in [2.75, 3.05) is 6.61 Å². The number of nitrogens with zero attached hydrogens (tertiary/aromatic N) is 4. The van der Waals surface area contributed by atoms with E-state index in [1.54, 1.807) is 0 Å². The maximum absolute atomic E-state index is 13.5. The van der Waals surface area contributed by atoms with Gasteiger partial charge in [0.05, 0.1) is 17.9 Å². The Hall–Kier alpha value is -2.12. The Balaban J connectivity index is 1.78. The Morgan fingerprint density at radius 3 is 2.43 bits per heavy atom. The van der Waals surface area contributed by atoms with Crippen LogP contribution in [0, 0.1) is 5.92 Å². The molecule has 0 unspecified atom stereocenters. The Kier molecular flexibility index (Phi) is 4.90. The van der Waals surface area contributed by atoms with E-state index < -0.39 is 40.9 Å². The average Bonchev–Trinajstić information content (AvgIpc) is 3.14. The third-order valence-corrected chi connectivity index (χ3v) is 6.11. The van der Waals surface area contributed by atoms with E-state index in [1.165, 1.54) is 0 Å². The molecule has 2 atom stereocenters. The van der Waals surface area contributed by atoms with Gasteiger partial charge in [0, 0.05) is 24.7 Å². The third-order valence-electron chi connectivity index (χ3n) is 4.71. The number of hydrogen-bond acceptors (Lipinski definition) is 5. The molecule has 0 spiro atoms. The normalized spacial score (nSPS) is 19.6. The minimum atomic E-state index is -4.73. The first kappa shape index (κ1) is 21.1. The molecule has 1 fully saturated rings. The summed E-state index contributed by atoms with van der Waals surface area (Å²) < 4.78 is 80.5. The summed E-state index contributed by atoms with van der Waals surface area (Å²) in [7, 11) is 0. The summed E-state index contributed by atoms with van der Waals surface area (Å²) in [5.74, 6) is -1.00. The molecule has 1 aliphatic carbocycles. The highest BCUT2D eigenvalue weighted by Gasteiger charge is 2.47. The van der Waals surface area contributed by atoms with E-state index in [4.69, 9.17) is 11.6 Å². The molecular weight excluding hydrogens is 462 g/mol. The van der Waals surface area contributed by atoms with Crippen molar-refractivity contribution in [3.63, 3.8) is 0 Å². The van der Waals surface area contributed by atoms with Crippen LogP contribution in [0.15, 0.2) is 16.9 Å². The summed E-state index contributed by atoms with van der Waals surface area (Å²) in [5.41, 5.74) is -2.39. The highest BCUT2D eigenvalue weighted by atomic mass is 35.5. The van der Waals surface area contributed by atoms with Crippen molar-refractivity contribution in [1.29, 1.82) is 0 Å². The fraction of sp³-hybridized carbons (Fsp3) is 0.438. The lowest BCUT2D eigenvalue weighted by Crippen LogP contribution is -2.19. The summed E-state index contributed by atoms with van der Waals surface area (Å²) in [6, 6.07) is 1.53. The molecule has 0 bridgehead atoms. The first-order valence-electron chi connectivity index (χ1n) is 8.44. The van der Waals surface area contributed by atoms with E-state index in [9.17, 15) is 36.2 Å². The van der Waals surface area contributed by atoms with Gasteiger partial charge in [-0.1, -0.05) is 22.9 Å². The lowest BCUT2D eigenvalue weighted by molar-refractivity contribution is -0.141. The van der Waals surface area contributed by atoms with E-state index in [-0.39, 0.29) is 45.4 Å². The molecule has 1 aliphatic rings. The van der Waals surface area contributed by atoms with Crippen LogP contribution >= 0.6 is 22.9 Å². The molecule has 1 saturated carbocycles. The topological polar surface area (TPSA) is 72.4 Å². The predicted octanol–water partition coefficient (Wildman–Crippen LogP) is 3.79. The second-order valence-electron chi connectivity index (χ2n) is 6.81. The van der Waals surface area contributed by atoms with Gasteiger partial charge in [-0.3, -0.25) is 9.20 Å². The van der Waals surface area contributed by atoms with E-state index in [2.05, 4.69) is 10.1 Å². The van der Waals surface area contributed by atoms with E-state index >= 15 is 0 Å². The van der Waals surface area contributed by atoms with Gasteiger partial charge in [-0.25, -0.2) is 9.67 Å². The number of alkyl halides is 6. The number of fused-ring (bicyclic) bond motifs is 1. The van der Waals surface area contributed by atoms with Crippen LogP contribution < -0.4 is 5.56 Å². The van der Waals surface area contributed by atoms with Crippen LogP contribution in [0.25, 0.3) is 4.96 Å². The highest BCUT2D eigenvalue weighted by molar-refractivity contribution is 7.17. The maximum Gasteiger partial charge on any atom is 0.435 e. The van der Waals surface area contributed by atoms with E-state index in [1.807, 2.05) is 0 Å². The molecule has 3 aromatic heterocycles. The molecule has 162 valence electrons. The van der Waals surface area contributed by atoms with Crippen LogP contribution in [-0.4, -0.2) is 30.9 Å². The van der Waals surface area contributed by atoms with Crippen molar-refractivity contribution >= 4 is 27.9 Å². The minimum absolute atomic E-state index is 0.0882. The van der Waals surface area contributed by atoms with Crippen molar-refractivity contribution < 1.29 is 31.4 Å². The number of rotatable bonds is 4. The van der Waals surface area contributed by atoms with Gasteiger partial charge in [-0.15, -0.1) is 0 Å². The smallest absolute Gasteiger partial charge is 0.396 e. The molecule has 0 amide bonds. The fourth-order valence-electron chi connectivity index (χ4n) is 3.24. The molecule has 30 heavy (non-hydrogen) atoms. The SMILES string of the molecule is O=c1cc(Cn2nc(C(F)(F)F)cc2Cl)nc2sc(C(F)(F)F)c([C@@H]3C[C@H]3CO)n12. The Labute approximate surface area is 172 Å². The minimum Gasteiger partial charge on any atom is -0.396 e. The van der Waals surface area contributed by atoms with E-state index in [0.29, 0.717) is 12.5 Å². The zero-order chi connectivity index (χ0) is 22.0. The molecule has 0 aliphatic heterocycles. The predicted molar refractivity (Wildman–Crippen MR) is 93.6 cm³/mol. The number of aliphatic hydroxyl groups excluding tert-OH is 1. The summed E-state index contributed by atoms with van der Waals surface area (Å²) in [5, 5.41) is 12.2. The summed E-state index contributed by atoms with van der Waals surface area (Å²) in [6.45, 7) is -0.739. The monoisotopic (exact) mass is 472 g/mol. The quantitative estimate of drug-likeness (QED) is 0.587. The number of halogens is 7. The zero-order valence-corrected chi connectivity index (χ0v) is 16.2. The van der Waals surface area contributed by atoms with Gasteiger partial charge in [0.25, 0.3) is 5.56 Å². The number of hydrogen-bond donors (Lipinski definition) is 1. The first-order valence-corrected chi connectivity index (χ1v) is 9.63. The lowest BCUT2D eigenvalue weighted by atomic mass is 10.2. The van der Waals surface area contributed by atoms with Gasteiger partial charge in [-0.2, -0.15) is 31.4 Å². The van der Waals surface area contributed by atoms with Crippen molar-refractivity contribution in [2.24, 2.45) is 5.92 Å². The first-order chi connectivity index (χ1) is 13.9. The Morgan fingerprint density at radius 2 is 1.90 bits per heavy atom. The molecule has 0 saturated heterocycles. The Morgan fingerprint density at radius 1 is 1.20 bits per heavy atom. The van der Waals surface area contributed by atoms with Crippen molar-refractivity contribution in [3.05, 3.63) is 49.6 Å². The van der Waals surface area contributed by atoms with E-state index in [0.717, 1.165) is 15.1 Å². The van der Waals surface area contributed by atoms with Gasteiger partial charge < -0.3 is 5.11 Å². The standard InChI is InChI=1S/C16H11ClF6N4O2S/c17-10-3-9(15(18,19)20)25-26(10)4-7-2-11(29)27-12(8-1-6(8)5-28)13(16(21,22)23)30-14(27)24-7/h2-3,6,8,28H,1,4-5H2/t6-,8+/m0/s1. The van der Waals surface area contributed by atoms with Crippen LogP contribution in [0.3, 0.4) is 0 Å². The van der Waals surface area contributed by atoms with Gasteiger partial charge in [0.1, 0.15) is 10.0 Å². The summed E-state index contributed by atoms with van der Waals surface area (Å²) in [6.07, 6.45) is -9.15. The second kappa shape index (κ2) is 6.95. The third kappa shape index (κ3) is 3.69. The van der Waals surface area contributed by atoms with Gasteiger partial charge >= 0.3 is 12.4 Å². The van der Waals surface area contributed by atoms with Gasteiger partial charge in [-0.05, 0) is 12.3 Å². The van der Waals surface area contributed by atoms with Crippen molar-refractivity contribution in [3.8, 4) is 0 Å². The number of aromatic nitrogens is 4. The summed E-state index contributed by atoms with van der Waals surface area (Å²) >= 11 is 6.02. The van der Waals surface area contributed by atoms with Crippen LogP contribution in [0.4, 0.5) is 26.3 Å². The van der Waals surface area contributed by atoms with Crippen LogP contribution in [-0.2, 0) is 18.9 Å². The molecule has 14 heteroatoms. The molecule has 3 aromatic rings. The molecule has 1 N–H and O–H groups in total. The van der Waals surface area contributed by atoms with Crippen LogP contribution in [0.2, 0.25) is 5.15 Å². The molecular formula is C16H11ClF6N4O2S. The molecule has 6 nitrogen and oxygen atoms in total. The fourth-order valence-corrected chi connectivity index (χ4v) is 4.53. The van der Waals surface area contributed by atoms with Crippen molar-refractivity contribution in [1.82, 2.24) is 19.2 Å². The van der Waals surface area contributed by atoms with Crippen LogP contribution in [0.5, 0.6) is 0 Å². The zero-order valence-electron chi connectivity index (χ0n) is 14.6. The maximum atomic E-state index is 13.5. The number of aliphatic hydroxyl groups is 1. The number of thiazole rings is 1. The largest absolute Gasteiger partial charge is 0.435 e. The average molecular weight is 473 g/mol. The summed E-state index contributed by atoms with van der Waals surface area (Å²) in [4.78, 5) is 15.4. The Bertz CT molecular complexity index is 1180.